The minimum absolute atomic E-state index is 0.0702. The molecule has 0 heterocycles. The molecular weight excluding hydrogens is 495 g/mol. The zero-order valence-corrected chi connectivity index (χ0v) is 23.8. The second kappa shape index (κ2) is 14.1. The standard InChI is InChI=1S/C30H35FO5.C3H6/c1-6-35-29(30(2,3)4)26-17-21(10-13-24(26)25-18-22(34-5)12-14-27(25)31)19-36-23-9-7-8-20(16-23)11-15-28(32)33;1-2-3-1/h7-10,12-14,16-18,29H,6,11,15,19H2,1-5H3,(H,32,33);1-3H2. The van der Waals surface area contributed by atoms with E-state index in [-0.39, 0.29) is 23.8 Å². The Morgan fingerprint density at radius 2 is 1.69 bits per heavy atom. The number of hydrogen-bond acceptors (Lipinski definition) is 4. The summed E-state index contributed by atoms with van der Waals surface area (Å²) in [5.74, 6) is 0.0864. The highest BCUT2D eigenvalue weighted by Crippen LogP contribution is 2.42. The van der Waals surface area contributed by atoms with Gasteiger partial charge >= 0.3 is 5.97 Å². The zero-order chi connectivity index (χ0) is 28.4. The molecule has 0 bridgehead atoms. The number of aryl methyl sites for hydroxylation is 1. The van der Waals surface area contributed by atoms with Crippen molar-refractivity contribution in [1.82, 2.24) is 0 Å². The van der Waals surface area contributed by atoms with E-state index in [2.05, 4.69) is 20.8 Å². The molecule has 5 nitrogen and oxygen atoms in total. The van der Waals surface area contributed by atoms with Gasteiger partial charge in [0.2, 0.25) is 0 Å². The van der Waals surface area contributed by atoms with E-state index in [0.717, 1.165) is 22.3 Å². The summed E-state index contributed by atoms with van der Waals surface area (Å²) < 4.78 is 32.6. The fourth-order valence-electron chi connectivity index (χ4n) is 4.18. The molecule has 0 spiro atoms. The van der Waals surface area contributed by atoms with E-state index in [1.165, 1.54) is 25.3 Å². The van der Waals surface area contributed by atoms with Crippen LogP contribution >= 0.6 is 0 Å². The first kappa shape index (κ1) is 30.2. The fraction of sp³-hybridized carbons (Fsp3) is 0.424. The van der Waals surface area contributed by atoms with E-state index in [1.807, 2.05) is 49.4 Å². The van der Waals surface area contributed by atoms with E-state index < -0.39 is 5.97 Å². The van der Waals surface area contributed by atoms with Gasteiger partial charge in [-0.05, 0) is 77.4 Å². The molecule has 0 radical (unpaired) electrons. The number of carbonyl (C=O) groups is 1. The number of ether oxygens (including phenoxy) is 3. The molecule has 3 aromatic carbocycles. The van der Waals surface area contributed by atoms with Crippen molar-refractivity contribution in [3.63, 3.8) is 0 Å². The van der Waals surface area contributed by atoms with Crippen LogP contribution in [0.2, 0.25) is 0 Å². The van der Waals surface area contributed by atoms with Crippen molar-refractivity contribution in [2.75, 3.05) is 13.7 Å². The van der Waals surface area contributed by atoms with Crippen molar-refractivity contribution in [2.24, 2.45) is 5.41 Å². The van der Waals surface area contributed by atoms with Crippen molar-refractivity contribution in [3.8, 4) is 22.6 Å². The van der Waals surface area contributed by atoms with Crippen molar-refractivity contribution in [3.05, 3.63) is 83.2 Å². The number of hydrogen-bond donors (Lipinski definition) is 1. The average Bonchev–Trinajstić information content (AvgIpc) is 3.79. The van der Waals surface area contributed by atoms with Gasteiger partial charge in [0.05, 0.1) is 13.2 Å². The second-order valence-electron chi connectivity index (χ2n) is 10.9. The molecule has 3 aromatic rings. The summed E-state index contributed by atoms with van der Waals surface area (Å²) in [6, 6.07) is 18.1. The number of rotatable bonds is 11. The molecule has 6 heteroatoms. The summed E-state index contributed by atoms with van der Waals surface area (Å²) in [5, 5.41) is 8.94. The Morgan fingerprint density at radius 1 is 0.949 bits per heavy atom. The predicted octanol–water partition coefficient (Wildman–Crippen LogP) is 8.39. The Bertz CT molecular complexity index is 1230. The number of carboxylic acids is 1. The van der Waals surface area contributed by atoms with Crippen LogP contribution in [0.3, 0.4) is 0 Å². The lowest BCUT2D eigenvalue weighted by molar-refractivity contribution is -0.136. The molecule has 0 saturated heterocycles. The molecule has 0 aromatic heterocycles. The molecule has 1 saturated carbocycles. The van der Waals surface area contributed by atoms with Gasteiger partial charge in [-0.2, -0.15) is 0 Å². The van der Waals surface area contributed by atoms with E-state index in [9.17, 15) is 9.18 Å². The van der Waals surface area contributed by atoms with Gasteiger partial charge in [-0.25, -0.2) is 4.39 Å². The monoisotopic (exact) mass is 536 g/mol. The molecule has 1 N–H and O–H groups in total. The van der Waals surface area contributed by atoms with Crippen molar-refractivity contribution in [2.45, 2.75) is 72.5 Å². The number of carboxylic acid groups (broad SMARTS) is 1. The number of aliphatic carboxylic acids is 1. The third kappa shape index (κ3) is 9.39. The van der Waals surface area contributed by atoms with Gasteiger partial charge in [-0.3, -0.25) is 4.79 Å². The first-order chi connectivity index (χ1) is 18.6. The maximum atomic E-state index is 15.0. The Hall–Kier alpha value is -3.38. The van der Waals surface area contributed by atoms with Crippen LogP contribution in [0.5, 0.6) is 11.5 Å². The predicted molar refractivity (Wildman–Crippen MR) is 153 cm³/mol. The maximum absolute atomic E-state index is 15.0. The van der Waals surface area contributed by atoms with Crippen LogP contribution in [0.15, 0.2) is 60.7 Å². The van der Waals surface area contributed by atoms with Gasteiger partial charge in [0.15, 0.2) is 0 Å². The van der Waals surface area contributed by atoms with Gasteiger partial charge in [-0.1, -0.05) is 64.3 Å². The topological polar surface area (TPSA) is 65.0 Å². The fourth-order valence-corrected chi connectivity index (χ4v) is 4.18. The number of benzene rings is 3. The van der Waals surface area contributed by atoms with Gasteiger partial charge in [0, 0.05) is 18.6 Å². The molecule has 1 aliphatic rings. The van der Waals surface area contributed by atoms with Gasteiger partial charge in [0.25, 0.3) is 0 Å². The highest BCUT2D eigenvalue weighted by molar-refractivity contribution is 5.70. The normalized spacial score (nSPS) is 13.2. The molecule has 39 heavy (non-hydrogen) atoms. The largest absolute Gasteiger partial charge is 0.497 e. The minimum atomic E-state index is -0.830. The molecule has 4 rings (SSSR count). The lowest BCUT2D eigenvalue weighted by atomic mass is 9.81. The van der Waals surface area contributed by atoms with Crippen LogP contribution in [0.1, 0.15) is 76.2 Å². The lowest BCUT2D eigenvalue weighted by Gasteiger charge is -2.33. The second-order valence-corrected chi connectivity index (χ2v) is 10.9. The van der Waals surface area contributed by atoms with Crippen LogP contribution in [0.25, 0.3) is 11.1 Å². The van der Waals surface area contributed by atoms with Crippen LogP contribution < -0.4 is 9.47 Å². The van der Waals surface area contributed by atoms with Crippen LogP contribution in [-0.4, -0.2) is 24.8 Å². The van der Waals surface area contributed by atoms with Crippen LogP contribution in [0, 0.1) is 11.2 Å². The molecule has 1 aliphatic carbocycles. The van der Waals surface area contributed by atoms with Crippen LogP contribution in [0.4, 0.5) is 4.39 Å². The molecule has 210 valence electrons. The van der Waals surface area contributed by atoms with Crippen molar-refractivity contribution < 1.29 is 28.5 Å². The Kier molecular flexibility index (Phi) is 10.9. The van der Waals surface area contributed by atoms with Crippen LogP contribution in [-0.2, 0) is 22.6 Å². The molecule has 0 amide bonds. The smallest absolute Gasteiger partial charge is 0.303 e. The van der Waals surface area contributed by atoms with Gasteiger partial charge in [0.1, 0.15) is 23.9 Å². The Balaban J connectivity index is 0.00000131. The summed E-state index contributed by atoms with van der Waals surface area (Å²) in [5.41, 5.74) is 3.67. The first-order valence-electron chi connectivity index (χ1n) is 13.6. The van der Waals surface area contributed by atoms with Crippen molar-refractivity contribution in [1.29, 1.82) is 0 Å². The Labute approximate surface area is 231 Å². The minimum Gasteiger partial charge on any atom is -0.497 e. The van der Waals surface area contributed by atoms with E-state index in [0.29, 0.717) is 36.7 Å². The zero-order valence-electron chi connectivity index (χ0n) is 23.8. The first-order valence-corrected chi connectivity index (χ1v) is 13.6. The SMILES string of the molecule is C1CC1.CCOC(c1cc(COc2cccc(CCC(=O)O)c2)ccc1-c1cc(OC)ccc1F)C(C)(C)C. The third-order valence-corrected chi connectivity index (χ3v) is 6.27. The molecular formula is C33H41FO5. The lowest BCUT2D eigenvalue weighted by Crippen LogP contribution is -2.22. The van der Waals surface area contributed by atoms with Gasteiger partial charge < -0.3 is 19.3 Å². The maximum Gasteiger partial charge on any atom is 0.303 e. The molecule has 1 atom stereocenters. The third-order valence-electron chi connectivity index (χ3n) is 6.27. The van der Waals surface area contributed by atoms with E-state index >= 15 is 0 Å². The summed E-state index contributed by atoms with van der Waals surface area (Å²) >= 11 is 0. The summed E-state index contributed by atoms with van der Waals surface area (Å²) in [7, 11) is 1.56. The highest BCUT2D eigenvalue weighted by atomic mass is 19.1. The summed E-state index contributed by atoms with van der Waals surface area (Å²) in [6.45, 7) is 9.08. The van der Waals surface area contributed by atoms with E-state index in [1.54, 1.807) is 19.2 Å². The quantitative estimate of drug-likeness (QED) is 0.267. The number of halogens is 1. The summed E-state index contributed by atoms with van der Waals surface area (Å²) in [6.07, 6.45) is 4.74. The highest BCUT2D eigenvalue weighted by Gasteiger charge is 2.30. The molecule has 0 aliphatic heterocycles. The summed E-state index contributed by atoms with van der Waals surface area (Å²) in [4.78, 5) is 10.9. The Morgan fingerprint density at radius 3 is 2.31 bits per heavy atom. The van der Waals surface area contributed by atoms with Crippen molar-refractivity contribution >= 4 is 5.97 Å². The average molecular weight is 537 g/mol. The van der Waals surface area contributed by atoms with Gasteiger partial charge in [-0.15, -0.1) is 0 Å². The molecule has 1 unspecified atom stereocenters. The molecule has 1 fully saturated rings. The van der Waals surface area contributed by atoms with E-state index in [4.69, 9.17) is 19.3 Å². The number of methoxy groups -OCH3 is 1.